The minimum atomic E-state index is -4.53. The number of ether oxygens (including phenoxy) is 3. The first-order valence-corrected chi connectivity index (χ1v) is 29.1. The molecule has 7 heterocycles. The minimum Gasteiger partial charge on any atom is -0.444 e. The Kier molecular flexibility index (Phi) is 20.2. The van der Waals surface area contributed by atoms with Gasteiger partial charge in [-0.05, 0) is 131 Å². The summed E-state index contributed by atoms with van der Waals surface area (Å²) in [7, 11) is 0. The summed E-state index contributed by atoms with van der Waals surface area (Å²) in [6, 6.07) is 6.02. The van der Waals surface area contributed by atoms with Crippen LogP contribution in [-0.2, 0) is 62.1 Å². The smallest absolute Gasteiger partial charge is 0.416 e. The zero-order valence-electron chi connectivity index (χ0n) is 50.1. The average molecular weight is 1320 g/mol. The Bertz CT molecular complexity index is 3800. The van der Waals surface area contributed by atoms with Crippen molar-refractivity contribution in [1.29, 1.82) is 0 Å². The lowest BCUT2D eigenvalue weighted by molar-refractivity contribution is -0.138. The van der Waals surface area contributed by atoms with Gasteiger partial charge in [0.25, 0.3) is 11.1 Å². The first-order chi connectivity index (χ1) is 41.7. The largest absolute Gasteiger partial charge is 0.444 e. The number of nitrogens with zero attached hydrogens (tertiary/aromatic N) is 12. The van der Waals surface area contributed by atoms with E-state index in [0.717, 1.165) is 38.9 Å². The maximum atomic E-state index is 14.1. The highest BCUT2D eigenvalue weighted by Gasteiger charge is 2.35. The van der Waals surface area contributed by atoms with Gasteiger partial charge in [0.05, 0.1) is 35.7 Å². The summed E-state index contributed by atoms with van der Waals surface area (Å²) in [6.45, 7) is 15.0. The van der Waals surface area contributed by atoms with Crippen molar-refractivity contribution in [3.63, 3.8) is 0 Å². The molecule has 4 amide bonds. The quantitative estimate of drug-likeness (QED) is 0.0903. The molecule has 3 aliphatic heterocycles. The zero-order chi connectivity index (χ0) is 65.1. The van der Waals surface area contributed by atoms with Gasteiger partial charge in [0.1, 0.15) is 35.7 Å². The second kappa shape index (κ2) is 26.9. The fourth-order valence-electron chi connectivity index (χ4n) is 10.2. The van der Waals surface area contributed by atoms with Gasteiger partial charge in [0.15, 0.2) is 5.82 Å². The van der Waals surface area contributed by atoms with Gasteiger partial charge < -0.3 is 63.8 Å². The lowest BCUT2D eigenvalue weighted by atomic mass is 10.1. The van der Waals surface area contributed by atoms with E-state index in [2.05, 4.69) is 46.7 Å². The SMILES string of the molecule is Cc1cc(C(F)(F)F)ccc1NC(=O)Cn1c(CCO)c(N2CCN(C(=O)OC(C)(C)C)CC2)c(=O)n2nc(Br)nc12.Cc1cc(C(F)(F)F)ccc1NC(=O)Cn1c(CCO)c(N2CCN(C(=O)OC(C)(C)C)CC2)c(=O)n2nc(C3=CCOCC3)nc12. The second-order valence-corrected chi connectivity index (χ2v) is 23.9. The lowest BCUT2D eigenvalue weighted by Gasteiger charge is -2.37. The highest BCUT2D eigenvalue weighted by atomic mass is 79.9. The first-order valence-electron chi connectivity index (χ1n) is 28.4. The number of aliphatic hydroxyl groups excluding tert-OH is 2. The normalized spacial score (nSPS) is 15.2. The van der Waals surface area contributed by atoms with Crippen molar-refractivity contribution in [2.45, 2.75) is 111 Å². The fourth-order valence-corrected chi connectivity index (χ4v) is 10.5. The number of halogens is 7. The molecular formula is C57H69BrF6N14O11. The summed E-state index contributed by atoms with van der Waals surface area (Å²) in [6.07, 6.45) is -7.69. The molecule has 2 saturated heterocycles. The summed E-state index contributed by atoms with van der Waals surface area (Å²) in [4.78, 5) is 95.1. The van der Waals surface area contributed by atoms with Gasteiger partial charge >= 0.3 is 24.5 Å². The third kappa shape index (κ3) is 16.0. The van der Waals surface area contributed by atoms with Gasteiger partial charge in [-0.3, -0.25) is 19.2 Å². The van der Waals surface area contributed by atoms with E-state index in [0.29, 0.717) is 36.8 Å². The molecule has 482 valence electrons. The number of aromatic nitrogens is 8. The molecule has 9 rings (SSSR count). The topological polar surface area (TPSA) is 278 Å². The van der Waals surface area contributed by atoms with Crippen molar-refractivity contribution in [2.75, 3.05) is 99.2 Å². The number of carbonyl (C=O) groups is 4. The van der Waals surface area contributed by atoms with Crippen molar-refractivity contribution < 1.29 is 69.9 Å². The molecule has 4 aromatic heterocycles. The van der Waals surface area contributed by atoms with E-state index < -0.39 is 69.8 Å². The van der Waals surface area contributed by atoms with Crippen LogP contribution in [0.15, 0.2) is 56.8 Å². The van der Waals surface area contributed by atoms with E-state index in [-0.39, 0.29) is 142 Å². The van der Waals surface area contributed by atoms with E-state index in [1.165, 1.54) is 40.0 Å². The van der Waals surface area contributed by atoms with Crippen LogP contribution < -0.4 is 31.6 Å². The Morgan fingerprint density at radius 3 is 1.42 bits per heavy atom. The van der Waals surface area contributed by atoms with Gasteiger partial charge in [-0.25, -0.2) is 9.59 Å². The highest BCUT2D eigenvalue weighted by molar-refractivity contribution is 9.10. The van der Waals surface area contributed by atoms with Gasteiger partial charge in [0, 0.05) is 89.8 Å². The Balaban J connectivity index is 0.000000232. The van der Waals surface area contributed by atoms with Crippen LogP contribution in [0.25, 0.3) is 17.1 Å². The first kappa shape index (κ1) is 66.8. The number of hydrogen-bond acceptors (Lipinski definition) is 17. The molecule has 89 heavy (non-hydrogen) atoms. The molecule has 4 N–H and O–H groups in total. The Morgan fingerprint density at radius 1 is 0.629 bits per heavy atom. The van der Waals surface area contributed by atoms with Crippen molar-refractivity contribution in [2.24, 2.45) is 0 Å². The Labute approximate surface area is 513 Å². The number of alkyl halides is 6. The molecule has 32 heteroatoms. The fraction of sp³-hybridized carbons (Fsp3) is 0.509. The number of carbonyl (C=O) groups excluding carboxylic acids is 4. The third-order valence-electron chi connectivity index (χ3n) is 14.3. The van der Waals surface area contributed by atoms with E-state index in [4.69, 9.17) is 14.2 Å². The van der Waals surface area contributed by atoms with E-state index in [1.54, 1.807) is 56.2 Å². The maximum absolute atomic E-state index is 14.1. The van der Waals surface area contributed by atoms with E-state index in [1.807, 2.05) is 6.08 Å². The van der Waals surface area contributed by atoms with Gasteiger partial charge in [-0.15, -0.1) is 10.2 Å². The summed E-state index contributed by atoms with van der Waals surface area (Å²) >= 11 is 3.17. The van der Waals surface area contributed by atoms with Crippen molar-refractivity contribution in [1.82, 2.24) is 48.1 Å². The molecule has 0 bridgehead atoms. The standard InChI is InChI=1S/C31H38F3N7O6.C26H31BrF3N7O5/c1-19-17-21(31(32,33)34)5-6-22(19)35-24(43)18-40-23(7-14-42)25(38-10-12-39(13-11-38)29(45)47-30(2,3)4)27(44)41-28(40)36-26(37-41)20-8-15-46-16-9-20;1-15-13-16(26(28,29)30)5-6-17(15)31-19(39)14-36-18(7-12-38)20(21(40)37-23(36)32-22(27)33-37)34-8-10-35(11-9-34)24(41)42-25(2,3)4/h5-6,8,17,42H,7,9-16,18H2,1-4H3,(H,35,43);5-6,13,38H,7-12,14H2,1-4H3,(H,31,39). The average Bonchev–Trinajstić information content (AvgIpc) is 1.72. The molecule has 2 aromatic carbocycles. The number of hydrogen-bond donors (Lipinski definition) is 4. The van der Waals surface area contributed by atoms with E-state index in [9.17, 15) is 65.3 Å². The molecule has 0 radical (unpaired) electrons. The summed E-state index contributed by atoms with van der Waals surface area (Å²) in [5, 5.41) is 33.9. The minimum absolute atomic E-state index is 0.00950. The molecule has 0 saturated carbocycles. The highest BCUT2D eigenvalue weighted by Crippen LogP contribution is 2.34. The number of fused-ring (bicyclic) bond motifs is 2. The van der Waals surface area contributed by atoms with Crippen LogP contribution in [0.3, 0.4) is 0 Å². The molecule has 2 fully saturated rings. The molecule has 0 atom stereocenters. The van der Waals surface area contributed by atoms with E-state index >= 15 is 0 Å². The molecule has 0 spiro atoms. The second-order valence-electron chi connectivity index (χ2n) is 23.2. The summed E-state index contributed by atoms with van der Waals surface area (Å²) in [5.41, 5.74) is -1.42. The van der Waals surface area contributed by atoms with Crippen molar-refractivity contribution in [3.8, 4) is 0 Å². The van der Waals surface area contributed by atoms with Gasteiger partial charge in [0.2, 0.25) is 28.1 Å². The molecule has 6 aromatic rings. The van der Waals surface area contributed by atoms with Crippen LogP contribution in [0, 0.1) is 13.8 Å². The molecule has 3 aliphatic rings. The third-order valence-corrected chi connectivity index (χ3v) is 14.7. The van der Waals surface area contributed by atoms with Crippen molar-refractivity contribution in [3.05, 3.63) is 107 Å². The summed E-state index contributed by atoms with van der Waals surface area (Å²) in [5.74, 6) is -0.794. The monoisotopic (exact) mass is 1320 g/mol. The number of amides is 4. The number of piperazine rings is 2. The van der Waals surface area contributed by atoms with Crippen LogP contribution in [0.2, 0.25) is 0 Å². The van der Waals surface area contributed by atoms with Crippen LogP contribution in [0.1, 0.15) is 87.4 Å². The summed E-state index contributed by atoms with van der Waals surface area (Å²) < 4.78 is 100. The number of anilines is 4. The Hall–Kier alpha value is -8.10. The molecule has 0 aliphatic carbocycles. The van der Waals surface area contributed by atoms with Crippen LogP contribution >= 0.6 is 15.9 Å². The predicted octanol–water partition coefficient (Wildman–Crippen LogP) is 6.46. The van der Waals surface area contributed by atoms with Crippen LogP contribution in [-0.4, -0.2) is 172 Å². The van der Waals surface area contributed by atoms with Gasteiger partial charge in [-0.1, -0.05) is 6.08 Å². The van der Waals surface area contributed by atoms with Crippen LogP contribution in [0.4, 0.5) is 58.7 Å². The van der Waals surface area contributed by atoms with Gasteiger partial charge in [-0.2, -0.15) is 45.3 Å². The number of rotatable bonds is 13. The number of nitrogens with one attached hydrogen (secondary N) is 2. The number of aryl methyl sites for hydroxylation is 2. The predicted molar refractivity (Wildman–Crippen MR) is 317 cm³/mol. The van der Waals surface area contributed by atoms with Crippen LogP contribution in [0.5, 0.6) is 0 Å². The molecule has 0 unspecified atom stereocenters. The Morgan fingerprint density at radius 2 is 1.04 bits per heavy atom. The molecule has 25 nitrogen and oxygen atoms in total. The maximum Gasteiger partial charge on any atom is 0.416 e. The number of benzene rings is 2. The lowest BCUT2D eigenvalue weighted by Crippen LogP contribution is -2.52. The number of aliphatic hydroxyl groups is 2. The van der Waals surface area contributed by atoms with Crippen molar-refractivity contribution >= 4 is 79.8 Å². The zero-order valence-corrected chi connectivity index (χ0v) is 51.7. The molecular weight excluding hydrogens is 1250 g/mol.